The fraction of sp³-hybridized carbons (Fsp3) is 0. The predicted octanol–water partition coefficient (Wildman–Crippen LogP) is 1.32. The lowest BCUT2D eigenvalue weighted by atomic mass is 10.2. The molecule has 2 aromatic rings. The van der Waals surface area contributed by atoms with E-state index in [4.69, 9.17) is 5.73 Å². The minimum Gasteiger partial charge on any atom is -0.396 e. The van der Waals surface area contributed by atoms with E-state index in [2.05, 4.69) is 41.8 Å². The van der Waals surface area contributed by atoms with Crippen LogP contribution in [-0.2, 0) is 0 Å². The van der Waals surface area contributed by atoms with E-state index in [1.165, 1.54) is 0 Å². The number of nitrogens with two attached hydrogens (primary N) is 1. The molecule has 7 heteroatoms. The lowest BCUT2D eigenvalue weighted by Crippen LogP contribution is -2.29. The number of aromatic amines is 2. The molecule has 0 saturated heterocycles. The van der Waals surface area contributed by atoms with Crippen LogP contribution in [0.1, 0.15) is 0 Å². The summed E-state index contributed by atoms with van der Waals surface area (Å²) < 4.78 is 1.29. The lowest BCUT2D eigenvalue weighted by molar-refractivity contribution is 1.14. The fourth-order valence-electron chi connectivity index (χ4n) is 1.23. The lowest BCUT2D eigenvalue weighted by Gasteiger charge is -2.05. The molecule has 5 nitrogen and oxygen atoms in total. The van der Waals surface area contributed by atoms with Gasteiger partial charge in [0.1, 0.15) is 0 Å². The zero-order valence-corrected chi connectivity index (χ0v) is 10.4. The summed E-state index contributed by atoms with van der Waals surface area (Å²) in [6.45, 7) is 0. The number of aromatic nitrogens is 2. The zero-order valence-electron chi connectivity index (χ0n) is 7.23. The number of H-pyrrole nitrogens is 2. The SMILES string of the molecule is Nc1c(Br)cc(Br)c2[nH]c(=O)c(=O)[nH]c12. The third-order valence-corrected chi connectivity index (χ3v) is 3.23. The highest BCUT2D eigenvalue weighted by Gasteiger charge is 2.09. The number of nitrogens with one attached hydrogen (secondary N) is 2. The maximum absolute atomic E-state index is 11.1. The number of rotatable bonds is 0. The van der Waals surface area contributed by atoms with Crippen molar-refractivity contribution in [3.63, 3.8) is 0 Å². The van der Waals surface area contributed by atoms with Crippen molar-refractivity contribution in [3.8, 4) is 0 Å². The summed E-state index contributed by atoms with van der Waals surface area (Å²) in [5, 5.41) is 0. The van der Waals surface area contributed by atoms with Gasteiger partial charge in [-0.2, -0.15) is 0 Å². The minimum atomic E-state index is -0.723. The Morgan fingerprint density at radius 1 is 1.00 bits per heavy atom. The van der Waals surface area contributed by atoms with Gasteiger partial charge in [-0.25, -0.2) is 0 Å². The van der Waals surface area contributed by atoms with E-state index >= 15 is 0 Å². The first-order valence-electron chi connectivity index (χ1n) is 3.90. The highest BCUT2D eigenvalue weighted by atomic mass is 79.9. The fourth-order valence-corrected chi connectivity index (χ4v) is 2.49. The molecule has 15 heavy (non-hydrogen) atoms. The first kappa shape index (κ1) is 10.4. The van der Waals surface area contributed by atoms with Crippen molar-refractivity contribution in [2.45, 2.75) is 0 Å². The van der Waals surface area contributed by atoms with Gasteiger partial charge in [-0.15, -0.1) is 0 Å². The molecule has 0 aliphatic rings. The van der Waals surface area contributed by atoms with Gasteiger partial charge in [0.05, 0.1) is 16.7 Å². The molecule has 4 N–H and O–H groups in total. The molecule has 0 radical (unpaired) electrons. The second kappa shape index (κ2) is 3.49. The number of halogens is 2. The van der Waals surface area contributed by atoms with Gasteiger partial charge in [-0.3, -0.25) is 9.59 Å². The Morgan fingerprint density at radius 3 is 2.13 bits per heavy atom. The third kappa shape index (κ3) is 1.61. The molecule has 0 bridgehead atoms. The summed E-state index contributed by atoms with van der Waals surface area (Å²) in [4.78, 5) is 27.1. The molecule has 1 aromatic heterocycles. The summed E-state index contributed by atoms with van der Waals surface area (Å²) in [5.74, 6) is 0. The molecule has 0 atom stereocenters. The van der Waals surface area contributed by atoms with Gasteiger partial charge < -0.3 is 15.7 Å². The predicted molar refractivity (Wildman–Crippen MR) is 65.0 cm³/mol. The van der Waals surface area contributed by atoms with Gasteiger partial charge in [-0.1, -0.05) is 0 Å². The van der Waals surface area contributed by atoms with Crippen LogP contribution in [0.2, 0.25) is 0 Å². The van der Waals surface area contributed by atoms with Gasteiger partial charge in [0.25, 0.3) is 0 Å². The van der Waals surface area contributed by atoms with Gasteiger partial charge in [0.2, 0.25) is 0 Å². The van der Waals surface area contributed by atoms with Crippen LogP contribution in [0, 0.1) is 0 Å². The molecule has 0 aliphatic heterocycles. The summed E-state index contributed by atoms with van der Waals surface area (Å²) in [5.41, 5.74) is 5.57. The minimum absolute atomic E-state index is 0.376. The van der Waals surface area contributed by atoms with E-state index in [0.717, 1.165) is 0 Å². The summed E-state index contributed by atoms with van der Waals surface area (Å²) in [7, 11) is 0. The summed E-state index contributed by atoms with van der Waals surface area (Å²) in [6.07, 6.45) is 0. The van der Waals surface area contributed by atoms with Crippen molar-refractivity contribution < 1.29 is 0 Å². The largest absolute Gasteiger partial charge is 0.396 e. The smallest absolute Gasteiger partial charge is 0.314 e. The van der Waals surface area contributed by atoms with Crippen molar-refractivity contribution in [1.29, 1.82) is 0 Å². The number of fused-ring (bicyclic) bond motifs is 1. The average molecular weight is 335 g/mol. The maximum Gasteiger partial charge on any atom is 0.314 e. The molecule has 1 heterocycles. The molecule has 2 rings (SSSR count). The van der Waals surface area contributed by atoms with Crippen LogP contribution in [0.5, 0.6) is 0 Å². The maximum atomic E-state index is 11.1. The van der Waals surface area contributed by atoms with E-state index in [9.17, 15) is 9.59 Å². The van der Waals surface area contributed by atoms with E-state index in [0.29, 0.717) is 25.7 Å². The Bertz CT molecular complexity index is 659. The quantitative estimate of drug-likeness (QED) is 0.501. The van der Waals surface area contributed by atoms with Crippen molar-refractivity contribution in [2.24, 2.45) is 0 Å². The first-order chi connectivity index (χ1) is 7.00. The van der Waals surface area contributed by atoms with Crippen LogP contribution >= 0.6 is 31.9 Å². The average Bonchev–Trinajstić information content (AvgIpc) is 2.18. The molecular weight excluding hydrogens is 330 g/mol. The topological polar surface area (TPSA) is 91.7 Å². The number of hydrogen-bond donors (Lipinski definition) is 3. The zero-order chi connectivity index (χ0) is 11.2. The molecular formula is C8H5Br2N3O2. The molecule has 0 amide bonds. The van der Waals surface area contributed by atoms with Crippen molar-refractivity contribution in [2.75, 3.05) is 5.73 Å². The molecule has 0 aliphatic carbocycles. The first-order valence-corrected chi connectivity index (χ1v) is 5.49. The van der Waals surface area contributed by atoms with E-state index in [1.807, 2.05) is 0 Å². The third-order valence-electron chi connectivity index (χ3n) is 1.95. The Morgan fingerprint density at radius 2 is 1.53 bits per heavy atom. The Balaban J connectivity index is 3.11. The van der Waals surface area contributed by atoms with Gasteiger partial charge >= 0.3 is 11.1 Å². The van der Waals surface area contributed by atoms with Crippen LogP contribution in [0.15, 0.2) is 24.6 Å². The highest BCUT2D eigenvalue weighted by Crippen LogP contribution is 2.31. The van der Waals surface area contributed by atoms with E-state index in [-0.39, 0.29) is 0 Å². The van der Waals surface area contributed by atoms with Crippen LogP contribution < -0.4 is 16.9 Å². The monoisotopic (exact) mass is 333 g/mol. The standard InChI is InChI=1S/C8H5Br2N3O2/c9-2-1-3(10)5-6(4(2)11)13-8(15)7(14)12-5/h1H,11H2,(H,12,14)(H,13,15). The van der Waals surface area contributed by atoms with Crippen LogP contribution in [0.4, 0.5) is 5.69 Å². The van der Waals surface area contributed by atoms with Crippen molar-refractivity contribution in [3.05, 3.63) is 35.7 Å². The van der Waals surface area contributed by atoms with Crippen molar-refractivity contribution in [1.82, 2.24) is 9.97 Å². The van der Waals surface area contributed by atoms with E-state index < -0.39 is 11.1 Å². The van der Waals surface area contributed by atoms with Gasteiger partial charge in [0.15, 0.2) is 0 Å². The molecule has 0 unspecified atom stereocenters. The number of benzene rings is 1. The molecule has 0 spiro atoms. The number of hydrogen-bond acceptors (Lipinski definition) is 3. The molecule has 78 valence electrons. The van der Waals surface area contributed by atoms with Gasteiger partial charge in [-0.05, 0) is 37.9 Å². The molecule has 1 aromatic carbocycles. The molecule has 0 saturated carbocycles. The van der Waals surface area contributed by atoms with E-state index in [1.54, 1.807) is 6.07 Å². The van der Waals surface area contributed by atoms with Crippen LogP contribution in [0.25, 0.3) is 11.0 Å². The number of anilines is 1. The Labute approximate surface area is 100.0 Å². The second-order valence-electron chi connectivity index (χ2n) is 2.91. The summed E-state index contributed by atoms with van der Waals surface area (Å²) in [6, 6.07) is 1.70. The normalized spacial score (nSPS) is 10.8. The molecule has 0 fully saturated rings. The number of nitrogen functional groups attached to an aromatic ring is 1. The van der Waals surface area contributed by atoms with Crippen molar-refractivity contribution >= 4 is 48.6 Å². The Kier molecular flexibility index (Phi) is 2.43. The van der Waals surface area contributed by atoms with Crippen LogP contribution in [-0.4, -0.2) is 9.97 Å². The Hall–Kier alpha value is -1.08. The second-order valence-corrected chi connectivity index (χ2v) is 4.62. The van der Waals surface area contributed by atoms with Crippen LogP contribution in [0.3, 0.4) is 0 Å². The summed E-state index contributed by atoms with van der Waals surface area (Å²) >= 11 is 6.50. The highest BCUT2D eigenvalue weighted by molar-refractivity contribution is 9.11. The van der Waals surface area contributed by atoms with Gasteiger partial charge in [0, 0.05) is 8.95 Å².